The Morgan fingerprint density at radius 2 is 0.449 bits per heavy atom. The van der Waals surface area contributed by atoms with Gasteiger partial charge in [0.15, 0.2) is 0 Å². The molecule has 0 atom stereocenters. The quantitative estimate of drug-likeness (QED) is 0.158. The summed E-state index contributed by atoms with van der Waals surface area (Å²) in [5.41, 5.74) is 13.1. The zero-order chi connectivity index (χ0) is 31.9. The molecule has 1 aliphatic rings. The molecule has 4 N–H and O–H groups in total. The Labute approximate surface area is 296 Å². The van der Waals surface area contributed by atoms with Crippen molar-refractivity contribution in [1.82, 2.24) is 19.9 Å². The Kier molecular flexibility index (Phi) is 8.05. The summed E-state index contributed by atoms with van der Waals surface area (Å²) in [5.74, 6) is 0. The number of benzene rings is 4. The SMILES string of the molecule is [Zn].c1ccc(C2=c3ccc([nH]3)=C(c3ccccc3)c3ccc([nH]3)C(c3ccccc3)=c3ccc([nH]3)=C(c3ccccc3)c3ccc2[nH]3)cc1. The molecule has 0 saturated heterocycles. The monoisotopic (exact) mass is 680 g/mol. The van der Waals surface area contributed by atoms with E-state index in [9.17, 15) is 0 Å². The molecule has 9 rings (SSSR count). The van der Waals surface area contributed by atoms with Crippen LogP contribution in [0.5, 0.6) is 0 Å². The van der Waals surface area contributed by atoms with Crippen molar-refractivity contribution in [1.29, 1.82) is 0 Å². The molecule has 49 heavy (non-hydrogen) atoms. The van der Waals surface area contributed by atoms with Crippen molar-refractivity contribution in [2.75, 3.05) is 0 Å². The van der Waals surface area contributed by atoms with Crippen molar-refractivity contribution < 1.29 is 19.5 Å². The fraction of sp³-hybridized carbons (Fsp3) is 0. The smallest absolute Gasteiger partial charge is 0.0485 e. The molecular formula is C44H32N4Zn. The van der Waals surface area contributed by atoms with Crippen LogP contribution in [-0.2, 0) is 19.5 Å². The number of fused-ring (bicyclic) bond motifs is 8. The number of rotatable bonds is 4. The third-order valence-electron chi connectivity index (χ3n) is 9.15. The summed E-state index contributed by atoms with van der Waals surface area (Å²) < 4.78 is 0. The maximum absolute atomic E-state index is 3.84. The zero-order valence-corrected chi connectivity index (χ0v) is 29.8. The molecule has 0 spiro atoms. The molecule has 5 heteroatoms. The summed E-state index contributed by atoms with van der Waals surface area (Å²) in [5, 5.41) is 4.16. The maximum Gasteiger partial charge on any atom is 0.0485 e. The number of hydrogen-bond donors (Lipinski definition) is 4. The van der Waals surface area contributed by atoms with Crippen LogP contribution in [0.1, 0.15) is 45.0 Å². The van der Waals surface area contributed by atoms with Crippen molar-refractivity contribution >= 4 is 22.3 Å². The third-order valence-corrected chi connectivity index (χ3v) is 9.15. The average Bonchev–Trinajstić information content (AvgIpc) is 3.98. The molecule has 0 saturated carbocycles. The molecule has 5 heterocycles. The minimum atomic E-state index is 0. The van der Waals surface area contributed by atoms with Crippen LogP contribution in [0.15, 0.2) is 170 Å². The van der Waals surface area contributed by atoms with E-state index in [1.54, 1.807) is 0 Å². The van der Waals surface area contributed by atoms with Gasteiger partial charge in [0, 0.05) is 85.9 Å². The second-order valence-electron chi connectivity index (χ2n) is 12.1. The van der Waals surface area contributed by atoms with Gasteiger partial charge in [0.25, 0.3) is 0 Å². The van der Waals surface area contributed by atoms with Gasteiger partial charge in [0.1, 0.15) is 0 Å². The normalized spacial score (nSPS) is 12.6. The standard InChI is InChI=1S/C44H32N4.Zn/c1-5-13-29(14-6-1)41-33-21-23-35(45-33)42(30-15-7-2-8-16-30)37-25-27-39(47-37)44(32-19-11-4-12-20-32)40-28-26-38(48-40)43(31-17-9-3-10-18-31)36-24-22-34(41)46-36;/h1-28,45-48H;. The molecule has 0 fully saturated rings. The molecule has 8 bridgehead atoms. The molecule has 4 nitrogen and oxygen atoms in total. The first-order valence-electron chi connectivity index (χ1n) is 16.3. The zero-order valence-electron chi connectivity index (χ0n) is 26.9. The average molecular weight is 682 g/mol. The van der Waals surface area contributed by atoms with Crippen molar-refractivity contribution in [2.24, 2.45) is 0 Å². The number of nitrogens with one attached hydrogen (secondary N) is 4. The van der Waals surface area contributed by atoms with Crippen LogP contribution in [0.25, 0.3) is 22.3 Å². The number of hydrogen-bond acceptors (Lipinski definition) is 0. The van der Waals surface area contributed by atoms with Crippen molar-refractivity contribution in [3.63, 3.8) is 0 Å². The van der Waals surface area contributed by atoms with Crippen LogP contribution in [0.3, 0.4) is 0 Å². The summed E-state index contributed by atoms with van der Waals surface area (Å²) in [6.07, 6.45) is 0. The van der Waals surface area contributed by atoms with E-state index in [0.717, 1.165) is 88.7 Å². The maximum atomic E-state index is 3.84. The Morgan fingerprint density at radius 3 is 0.673 bits per heavy atom. The van der Waals surface area contributed by atoms with Gasteiger partial charge in [-0.25, -0.2) is 0 Å². The van der Waals surface area contributed by atoms with Gasteiger partial charge >= 0.3 is 0 Å². The number of H-pyrrole nitrogens is 4. The first-order chi connectivity index (χ1) is 23.8. The van der Waals surface area contributed by atoms with Gasteiger partial charge in [0.2, 0.25) is 0 Å². The van der Waals surface area contributed by atoms with Gasteiger partial charge in [-0.3, -0.25) is 0 Å². The van der Waals surface area contributed by atoms with E-state index >= 15 is 0 Å². The van der Waals surface area contributed by atoms with Gasteiger partial charge in [0.05, 0.1) is 0 Å². The van der Waals surface area contributed by atoms with Crippen LogP contribution in [0.2, 0.25) is 0 Å². The van der Waals surface area contributed by atoms with Crippen molar-refractivity contribution in [3.8, 4) is 0 Å². The van der Waals surface area contributed by atoms with Crippen LogP contribution in [-0.4, -0.2) is 19.9 Å². The molecule has 1 aliphatic heterocycles. The minimum Gasteiger partial charge on any atom is -0.354 e. The molecule has 0 aliphatic carbocycles. The van der Waals surface area contributed by atoms with Gasteiger partial charge < -0.3 is 19.9 Å². The first kappa shape index (κ1) is 30.4. The summed E-state index contributed by atoms with van der Waals surface area (Å²) in [6, 6.07) is 60.0. The van der Waals surface area contributed by atoms with E-state index in [0.29, 0.717) is 0 Å². The largest absolute Gasteiger partial charge is 0.354 e. The summed E-state index contributed by atoms with van der Waals surface area (Å²) in [6.45, 7) is 0. The Bertz CT molecular complexity index is 2280. The molecule has 4 aromatic heterocycles. The summed E-state index contributed by atoms with van der Waals surface area (Å²) in [7, 11) is 0. The van der Waals surface area contributed by atoms with Crippen molar-refractivity contribution in [3.05, 3.63) is 236 Å². The van der Waals surface area contributed by atoms with E-state index in [1.165, 1.54) is 0 Å². The second-order valence-corrected chi connectivity index (χ2v) is 12.1. The molecule has 0 radical (unpaired) electrons. The Morgan fingerprint density at radius 1 is 0.224 bits per heavy atom. The molecule has 4 aromatic carbocycles. The predicted octanol–water partition coefficient (Wildman–Crippen LogP) is 6.30. The summed E-state index contributed by atoms with van der Waals surface area (Å²) in [4.78, 5) is 15.4. The van der Waals surface area contributed by atoms with E-state index in [1.807, 2.05) is 0 Å². The van der Waals surface area contributed by atoms with Crippen molar-refractivity contribution in [2.45, 2.75) is 0 Å². The minimum absolute atomic E-state index is 0. The third kappa shape index (κ3) is 5.59. The fourth-order valence-electron chi connectivity index (χ4n) is 6.99. The molecule has 8 aromatic rings. The van der Waals surface area contributed by atoms with Crippen LogP contribution >= 0.6 is 0 Å². The Balaban J connectivity index is 0.00000348. The first-order valence-corrected chi connectivity index (χ1v) is 16.3. The van der Waals surface area contributed by atoms with E-state index in [4.69, 9.17) is 0 Å². The summed E-state index contributed by atoms with van der Waals surface area (Å²) >= 11 is 0. The van der Waals surface area contributed by atoms with Gasteiger partial charge in [-0.2, -0.15) is 0 Å². The van der Waals surface area contributed by atoms with E-state index in [-0.39, 0.29) is 19.5 Å². The van der Waals surface area contributed by atoms with Crippen LogP contribution < -0.4 is 21.4 Å². The van der Waals surface area contributed by atoms with Crippen LogP contribution in [0.4, 0.5) is 0 Å². The molecular weight excluding hydrogens is 650 g/mol. The Hall–Kier alpha value is -5.90. The molecule has 230 valence electrons. The number of aromatic nitrogens is 4. The molecule has 0 amide bonds. The van der Waals surface area contributed by atoms with Gasteiger partial charge in [-0.1, -0.05) is 121 Å². The van der Waals surface area contributed by atoms with Gasteiger partial charge in [-0.15, -0.1) is 0 Å². The van der Waals surface area contributed by atoms with Crippen LogP contribution in [0, 0.1) is 0 Å². The second kappa shape index (κ2) is 13.0. The molecule has 0 unspecified atom stereocenters. The van der Waals surface area contributed by atoms with E-state index in [2.05, 4.69) is 190 Å². The fourth-order valence-corrected chi connectivity index (χ4v) is 6.99. The van der Waals surface area contributed by atoms with E-state index < -0.39 is 0 Å². The topological polar surface area (TPSA) is 63.2 Å². The number of aromatic amines is 4. The van der Waals surface area contributed by atoms with Gasteiger partial charge in [-0.05, 0) is 70.8 Å². The predicted molar refractivity (Wildman–Crippen MR) is 194 cm³/mol.